The van der Waals surface area contributed by atoms with E-state index in [0.717, 1.165) is 19.3 Å². The van der Waals surface area contributed by atoms with Gasteiger partial charge in [-0.2, -0.15) is 0 Å². The Morgan fingerprint density at radius 3 is 2.43 bits per heavy atom. The van der Waals surface area contributed by atoms with Gasteiger partial charge in [0.05, 0.1) is 5.92 Å². The molecular formula is C10H14O4. The third kappa shape index (κ3) is 1.38. The van der Waals surface area contributed by atoms with E-state index in [4.69, 9.17) is 10.2 Å². The fraction of sp³-hybridized carbons (Fsp3) is 0.800. The zero-order chi connectivity index (χ0) is 10.3. The van der Waals surface area contributed by atoms with Crippen LogP contribution in [0.4, 0.5) is 0 Å². The van der Waals surface area contributed by atoms with Crippen molar-refractivity contribution in [1.29, 1.82) is 0 Å². The second kappa shape index (κ2) is 3.26. The van der Waals surface area contributed by atoms with E-state index < -0.39 is 11.9 Å². The van der Waals surface area contributed by atoms with E-state index in [1.54, 1.807) is 0 Å². The molecule has 14 heavy (non-hydrogen) atoms. The van der Waals surface area contributed by atoms with Crippen LogP contribution in [0, 0.1) is 23.7 Å². The first-order valence-electron chi connectivity index (χ1n) is 5.04. The van der Waals surface area contributed by atoms with Crippen LogP contribution in [0.1, 0.15) is 25.7 Å². The Bertz CT molecular complexity index is 273. The van der Waals surface area contributed by atoms with Gasteiger partial charge < -0.3 is 10.2 Å². The average molecular weight is 198 g/mol. The first-order valence-corrected chi connectivity index (χ1v) is 5.04. The van der Waals surface area contributed by atoms with Crippen molar-refractivity contribution in [3.63, 3.8) is 0 Å². The van der Waals surface area contributed by atoms with Crippen LogP contribution in [-0.2, 0) is 9.59 Å². The third-order valence-corrected chi connectivity index (χ3v) is 3.77. The van der Waals surface area contributed by atoms with Crippen molar-refractivity contribution >= 4 is 11.9 Å². The van der Waals surface area contributed by atoms with Gasteiger partial charge in [0.2, 0.25) is 0 Å². The predicted octanol–water partition coefficient (Wildman–Crippen LogP) is 1.21. The normalized spacial score (nSPS) is 40.0. The molecule has 0 spiro atoms. The van der Waals surface area contributed by atoms with Crippen molar-refractivity contribution in [2.24, 2.45) is 23.7 Å². The van der Waals surface area contributed by atoms with Crippen molar-refractivity contribution in [3.05, 3.63) is 0 Å². The molecule has 78 valence electrons. The molecule has 4 atom stereocenters. The van der Waals surface area contributed by atoms with E-state index in [2.05, 4.69) is 0 Å². The molecule has 2 N–H and O–H groups in total. The smallest absolute Gasteiger partial charge is 0.307 e. The van der Waals surface area contributed by atoms with Gasteiger partial charge in [0.25, 0.3) is 0 Å². The molecule has 0 saturated heterocycles. The third-order valence-electron chi connectivity index (χ3n) is 3.77. The SMILES string of the molecule is O=C(O)C[C@H]1C[C@H]2CC[C@H]1[C@H]2C(=O)O. The van der Waals surface area contributed by atoms with Gasteiger partial charge in [-0.25, -0.2) is 0 Å². The molecule has 2 fully saturated rings. The van der Waals surface area contributed by atoms with Crippen LogP contribution >= 0.6 is 0 Å². The zero-order valence-corrected chi connectivity index (χ0v) is 7.85. The molecule has 0 aromatic rings. The van der Waals surface area contributed by atoms with Gasteiger partial charge in [-0.15, -0.1) is 0 Å². The number of carbonyl (C=O) groups is 2. The van der Waals surface area contributed by atoms with E-state index in [1.807, 2.05) is 0 Å². The summed E-state index contributed by atoms with van der Waals surface area (Å²) in [6.07, 6.45) is 2.82. The average Bonchev–Trinajstić information content (AvgIpc) is 2.58. The van der Waals surface area contributed by atoms with Crippen LogP contribution in [-0.4, -0.2) is 22.2 Å². The predicted molar refractivity (Wildman–Crippen MR) is 47.7 cm³/mol. The second-order valence-electron chi connectivity index (χ2n) is 4.46. The van der Waals surface area contributed by atoms with Gasteiger partial charge in [-0.3, -0.25) is 9.59 Å². The van der Waals surface area contributed by atoms with Crippen LogP contribution in [0.25, 0.3) is 0 Å². The van der Waals surface area contributed by atoms with E-state index in [1.165, 1.54) is 0 Å². The fourth-order valence-corrected chi connectivity index (χ4v) is 3.32. The molecule has 0 aromatic heterocycles. The molecule has 0 aliphatic heterocycles. The number of hydrogen-bond acceptors (Lipinski definition) is 2. The Hall–Kier alpha value is -1.06. The van der Waals surface area contributed by atoms with Crippen LogP contribution in [0.5, 0.6) is 0 Å². The highest BCUT2D eigenvalue weighted by Gasteiger charge is 2.51. The van der Waals surface area contributed by atoms with Crippen LogP contribution in [0.3, 0.4) is 0 Å². The van der Waals surface area contributed by atoms with Gasteiger partial charge in [0.1, 0.15) is 0 Å². The molecule has 2 aliphatic rings. The summed E-state index contributed by atoms with van der Waals surface area (Å²) in [4.78, 5) is 21.5. The molecule has 2 saturated carbocycles. The molecule has 0 radical (unpaired) electrons. The maximum atomic E-state index is 10.9. The summed E-state index contributed by atoms with van der Waals surface area (Å²) in [5.41, 5.74) is 0. The van der Waals surface area contributed by atoms with Crippen molar-refractivity contribution in [1.82, 2.24) is 0 Å². The maximum Gasteiger partial charge on any atom is 0.307 e. The zero-order valence-electron chi connectivity index (χ0n) is 7.85. The lowest BCUT2D eigenvalue weighted by molar-refractivity contribution is -0.144. The monoisotopic (exact) mass is 198 g/mol. The standard InChI is InChI=1S/C10H14O4/c11-8(12)4-6-3-5-1-2-7(6)9(5)10(13)14/h5-7,9H,1-4H2,(H,11,12)(H,13,14)/t5-,6-,7-,9+/m1/s1. The van der Waals surface area contributed by atoms with Crippen molar-refractivity contribution < 1.29 is 19.8 Å². The first kappa shape index (κ1) is 9.49. The van der Waals surface area contributed by atoms with Crippen LogP contribution < -0.4 is 0 Å². The Morgan fingerprint density at radius 2 is 1.93 bits per heavy atom. The number of aliphatic carboxylic acids is 2. The van der Waals surface area contributed by atoms with Gasteiger partial charge in [0.15, 0.2) is 0 Å². The lowest BCUT2D eigenvalue weighted by Crippen LogP contribution is -2.21. The molecular weight excluding hydrogens is 184 g/mol. The van der Waals surface area contributed by atoms with Crippen molar-refractivity contribution in [3.8, 4) is 0 Å². The molecule has 0 aromatic carbocycles. The lowest BCUT2D eigenvalue weighted by atomic mass is 9.86. The minimum atomic E-state index is -0.799. The minimum absolute atomic E-state index is 0.104. The van der Waals surface area contributed by atoms with Gasteiger partial charge in [-0.1, -0.05) is 0 Å². The molecule has 0 heterocycles. The highest BCUT2D eigenvalue weighted by molar-refractivity contribution is 5.72. The Kier molecular flexibility index (Phi) is 2.21. The molecule has 4 heteroatoms. The van der Waals surface area contributed by atoms with Crippen LogP contribution in [0.2, 0.25) is 0 Å². The molecule has 2 bridgehead atoms. The van der Waals surface area contributed by atoms with Crippen molar-refractivity contribution in [2.75, 3.05) is 0 Å². The summed E-state index contributed by atoms with van der Waals surface area (Å²) in [6, 6.07) is 0. The second-order valence-corrected chi connectivity index (χ2v) is 4.46. The highest BCUT2D eigenvalue weighted by atomic mass is 16.4. The summed E-state index contributed by atoms with van der Waals surface area (Å²) in [7, 11) is 0. The Labute approximate surface area is 81.9 Å². The summed E-state index contributed by atoms with van der Waals surface area (Å²) in [5, 5.41) is 17.7. The molecule has 4 nitrogen and oxygen atoms in total. The molecule has 2 aliphatic carbocycles. The number of carboxylic acid groups (broad SMARTS) is 2. The topological polar surface area (TPSA) is 74.6 Å². The van der Waals surface area contributed by atoms with E-state index in [-0.39, 0.29) is 30.1 Å². The highest BCUT2D eigenvalue weighted by Crippen LogP contribution is 2.53. The quantitative estimate of drug-likeness (QED) is 0.714. The maximum absolute atomic E-state index is 10.9. The number of fused-ring (bicyclic) bond motifs is 2. The molecule has 0 amide bonds. The van der Waals surface area contributed by atoms with E-state index >= 15 is 0 Å². The van der Waals surface area contributed by atoms with E-state index in [9.17, 15) is 9.59 Å². The van der Waals surface area contributed by atoms with Gasteiger partial charge in [-0.05, 0) is 37.0 Å². The van der Waals surface area contributed by atoms with Crippen LogP contribution in [0.15, 0.2) is 0 Å². The number of hydrogen-bond donors (Lipinski definition) is 2. The number of rotatable bonds is 3. The van der Waals surface area contributed by atoms with Crippen molar-refractivity contribution in [2.45, 2.75) is 25.7 Å². The Balaban J connectivity index is 2.07. The number of carboxylic acids is 2. The summed E-state index contributed by atoms with van der Waals surface area (Å²) < 4.78 is 0. The summed E-state index contributed by atoms with van der Waals surface area (Å²) in [5.74, 6) is -1.33. The van der Waals surface area contributed by atoms with Gasteiger partial charge in [0, 0.05) is 6.42 Å². The van der Waals surface area contributed by atoms with E-state index in [0.29, 0.717) is 0 Å². The fourth-order valence-electron chi connectivity index (χ4n) is 3.32. The molecule has 2 rings (SSSR count). The first-order chi connectivity index (χ1) is 6.59. The van der Waals surface area contributed by atoms with Gasteiger partial charge >= 0.3 is 11.9 Å². The lowest BCUT2D eigenvalue weighted by Gasteiger charge is -2.19. The largest absolute Gasteiger partial charge is 0.481 e. The summed E-state index contributed by atoms with van der Waals surface area (Å²) >= 11 is 0. The minimum Gasteiger partial charge on any atom is -0.481 e. The molecule has 0 unspecified atom stereocenters. The summed E-state index contributed by atoms with van der Waals surface area (Å²) in [6.45, 7) is 0. The Morgan fingerprint density at radius 1 is 1.21 bits per heavy atom.